The summed E-state index contributed by atoms with van der Waals surface area (Å²) < 4.78 is 0. The molecule has 1 atom stereocenters. The van der Waals surface area contributed by atoms with E-state index in [2.05, 4.69) is 29.0 Å². The second-order valence-electron chi connectivity index (χ2n) is 8.12. The lowest BCUT2D eigenvalue weighted by Crippen LogP contribution is -2.49. The molecule has 2 saturated heterocycles. The Labute approximate surface area is 131 Å². The summed E-state index contributed by atoms with van der Waals surface area (Å²) in [6.07, 6.45) is 8.54. The molecule has 0 aromatic rings. The van der Waals surface area contributed by atoms with E-state index in [0.29, 0.717) is 0 Å². The number of hydrogen-bond donors (Lipinski definition) is 1. The van der Waals surface area contributed by atoms with E-state index in [1.165, 1.54) is 77.8 Å². The second-order valence-corrected chi connectivity index (χ2v) is 8.12. The Morgan fingerprint density at radius 2 is 1.81 bits per heavy atom. The minimum Gasteiger partial charge on any atom is -0.313 e. The molecule has 1 N–H and O–H groups in total. The van der Waals surface area contributed by atoms with Crippen molar-refractivity contribution in [2.24, 2.45) is 11.8 Å². The first-order valence-corrected chi connectivity index (χ1v) is 9.40. The summed E-state index contributed by atoms with van der Waals surface area (Å²) in [5.74, 6) is 1.84. The van der Waals surface area contributed by atoms with Gasteiger partial charge >= 0.3 is 0 Å². The van der Waals surface area contributed by atoms with E-state index < -0.39 is 0 Å². The molecule has 0 amide bonds. The molecule has 3 heteroatoms. The number of nitrogens with zero attached hydrogens (tertiary/aromatic N) is 2. The predicted octanol–water partition coefficient (Wildman–Crippen LogP) is 2.57. The van der Waals surface area contributed by atoms with Gasteiger partial charge in [-0.2, -0.15) is 0 Å². The van der Waals surface area contributed by atoms with Gasteiger partial charge in [0.1, 0.15) is 0 Å². The minimum absolute atomic E-state index is 0.775. The Bertz CT molecular complexity index is 300. The molecule has 1 unspecified atom stereocenters. The van der Waals surface area contributed by atoms with Gasteiger partial charge in [-0.1, -0.05) is 13.8 Å². The van der Waals surface area contributed by atoms with Gasteiger partial charge in [0, 0.05) is 31.7 Å². The van der Waals surface area contributed by atoms with Gasteiger partial charge in [-0.05, 0) is 70.0 Å². The molecule has 3 nitrogen and oxygen atoms in total. The average Bonchev–Trinajstić information content (AvgIpc) is 3.12. The van der Waals surface area contributed by atoms with Crippen LogP contribution in [0.1, 0.15) is 52.4 Å². The largest absolute Gasteiger partial charge is 0.313 e. The molecule has 0 bridgehead atoms. The van der Waals surface area contributed by atoms with E-state index in [1.807, 2.05) is 0 Å². The Morgan fingerprint density at radius 3 is 2.38 bits per heavy atom. The molecule has 1 aliphatic carbocycles. The van der Waals surface area contributed by atoms with Crippen molar-refractivity contribution in [3.63, 3.8) is 0 Å². The first kappa shape index (κ1) is 15.8. The van der Waals surface area contributed by atoms with Gasteiger partial charge in [0.2, 0.25) is 0 Å². The van der Waals surface area contributed by atoms with Gasteiger partial charge in [-0.3, -0.25) is 4.90 Å². The molecular formula is C18H35N3. The standard InChI is InChI=1S/C18H35N3/c1-15(2)12-20-10-7-18(8-11-20)21(13-16-5-6-16)14-17-4-3-9-19-17/h15-19H,3-14H2,1-2H3. The lowest BCUT2D eigenvalue weighted by Gasteiger charge is -2.40. The first-order valence-electron chi connectivity index (χ1n) is 9.40. The van der Waals surface area contributed by atoms with Gasteiger partial charge < -0.3 is 10.2 Å². The Kier molecular flexibility index (Phi) is 5.58. The lowest BCUT2D eigenvalue weighted by molar-refractivity contribution is 0.0918. The van der Waals surface area contributed by atoms with Gasteiger partial charge in [0.25, 0.3) is 0 Å². The van der Waals surface area contributed by atoms with Crippen molar-refractivity contribution in [2.45, 2.75) is 64.5 Å². The van der Waals surface area contributed by atoms with E-state index in [4.69, 9.17) is 0 Å². The number of likely N-dealkylation sites (tertiary alicyclic amines) is 1. The zero-order valence-corrected chi connectivity index (χ0v) is 14.2. The molecule has 0 radical (unpaired) electrons. The highest BCUT2D eigenvalue weighted by atomic mass is 15.2. The fraction of sp³-hybridized carbons (Fsp3) is 1.00. The van der Waals surface area contributed by atoms with Crippen LogP contribution in [0.5, 0.6) is 0 Å². The summed E-state index contributed by atoms with van der Waals surface area (Å²) in [6.45, 7) is 12.6. The maximum atomic E-state index is 3.70. The third kappa shape index (κ3) is 4.94. The Hall–Kier alpha value is -0.120. The maximum Gasteiger partial charge on any atom is 0.0195 e. The third-order valence-corrected chi connectivity index (χ3v) is 5.50. The van der Waals surface area contributed by atoms with Crippen LogP contribution in [0.25, 0.3) is 0 Å². The van der Waals surface area contributed by atoms with Crippen LogP contribution in [0.3, 0.4) is 0 Å². The molecule has 0 spiro atoms. The zero-order chi connectivity index (χ0) is 14.7. The molecule has 2 aliphatic heterocycles. The third-order valence-electron chi connectivity index (χ3n) is 5.50. The molecule has 21 heavy (non-hydrogen) atoms. The maximum absolute atomic E-state index is 3.70. The van der Waals surface area contributed by atoms with Gasteiger partial charge in [0.05, 0.1) is 0 Å². The van der Waals surface area contributed by atoms with E-state index in [9.17, 15) is 0 Å². The SMILES string of the molecule is CC(C)CN1CCC(N(CC2CC2)CC2CCCN2)CC1. The quantitative estimate of drug-likeness (QED) is 0.778. The predicted molar refractivity (Wildman–Crippen MR) is 89.6 cm³/mol. The molecule has 0 aromatic heterocycles. The minimum atomic E-state index is 0.775. The van der Waals surface area contributed by atoms with Crippen molar-refractivity contribution < 1.29 is 0 Å². The fourth-order valence-corrected chi connectivity index (χ4v) is 4.18. The Morgan fingerprint density at radius 1 is 1.05 bits per heavy atom. The van der Waals surface area contributed by atoms with E-state index >= 15 is 0 Å². The van der Waals surface area contributed by atoms with Crippen molar-refractivity contribution in [1.82, 2.24) is 15.1 Å². The number of nitrogens with one attached hydrogen (secondary N) is 1. The molecule has 1 saturated carbocycles. The van der Waals surface area contributed by atoms with Crippen LogP contribution < -0.4 is 5.32 Å². The summed E-state index contributed by atoms with van der Waals surface area (Å²) in [6, 6.07) is 1.63. The smallest absolute Gasteiger partial charge is 0.0195 e. The first-order chi connectivity index (χ1) is 10.2. The summed E-state index contributed by atoms with van der Waals surface area (Å²) in [4.78, 5) is 5.55. The molecule has 3 aliphatic rings. The number of rotatable bonds is 7. The van der Waals surface area contributed by atoms with E-state index in [1.54, 1.807) is 0 Å². The molecule has 122 valence electrons. The highest BCUT2D eigenvalue weighted by Gasteiger charge is 2.32. The molecule has 3 fully saturated rings. The fourth-order valence-electron chi connectivity index (χ4n) is 4.18. The van der Waals surface area contributed by atoms with Crippen LogP contribution >= 0.6 is 0 Å². The number of hydrogen-bond acceptors (Lipinski definition) is 3. The lowest BCUT2D eigenvalue weighted by atomic mass is 10.0. The van der Waals surface area contributed by atoms with Crippen LogP contribution in [-0.4, -0.2) is 61.2 Å². The molecular weight excluding hydrogens is 258 g/mol. The second kappa shape index (κ2) is 7.43. The molecule has 2 heterocycles. The van der Waals surface area contributed by atoms with Gasteiger partial charge in [0.15, 0.2) is 0 Å². The van der Waals surface area contributed by atoms with E-state index in [0.717, 1.165) is 23.9 Å². The van der Waals surface area contributed by atoms with E-state index in [-0.39, 0.29) is 0 Å². The number of piperidine rings is 1. The van der Waals surface area contributed by atoms with Crippen LogP contribution in [0.4, 0.5) is 0 Å². The van der Waals surface area contributed by atoms with Crippen LogP contribution in [-0.2, 0) is 0 Å². The van der Waals surface area contributed by atoms with Crippen molar-refractivity contribution in [3.8, 4) is 0 Å². The zero-order valence-electron chi connectivity index (χ0n) is 14.2. The van der Waals surface area contributed by atoms with Crippen LogP contribution in [0, 0.1) is 11.8 Å². The summed E-state index contributed by atoms with van der Waals surface area (Å²) in [5, 5.41) is 3.70. The van der Waals surface area contributed by atoms with Crippen molar-refractivity contribution in [2.75, 3.05) is 39.3 Å². The van der Waals surface area contributed by atoms with Crippen molar-refractivity contribution >= 4 is 0 Å². The topological polar surface area (TPSA) is 18.5 Å². The molecule has 0 aromatic carbocycles. The van der Waals surface area contributed by atoms with Crippen LogP contribution in [0.15, 0.2) is 0 Å². The Balaban J connectivity index is 1.48. The highest BCUT2D eigenvalue weighted by molar-refractivity contribution is 4.88. The molecule has 3 rings (SSSR count). The van der Waals surface area contributed by atoms with Crippen molar-refractivity contribution in [1.29, 1.82) is 0 Å². The van der Waals surface area contributed by atoms with Gasteiger partial charge in [-0.25, -0.2) is 0 Å². The van der Waals surface area contributed by atoms with Gasteiger partial charge in [-0.15, -0.1) is 0 Å². The monoisotopic (exact) mass is 293 g/mol. The average molecular weight is 293 g/mol. The van der Waals surface area contributed by atoms with Crippen molar-refractivity contribution in [3.05, 3.63) is 0 Å². The highest BCUT2D eigenvalue weighted by Crippen LogP contribution is 2.32. The summed E-state index contributed by atoms with van der Waals surface area (Å²) in [7, 11) is 0. The normalized spacial score (nSPS) is 28.9. The summed E-state index contributed by atoms with van der Waals surface area (Å²) >= 11 is 0. The van der Waals surface area contributed by atoms with Crippen LogP contribution in [0.2, 0.25) is 0 Å². The summed E-state index contributed by atoms with van der Waals surface area (Å²) in [5.41, 5.74) is 0.